The van der Waals surface area contributed by atoms with Gasteiger partial charge >= 0.3 is 0 Å². The molecule has 3 rings (SSSR count). The first-order valence-corrected chi connectivity index (χ1v) is 10.1. The molecule has 0 aliphatic heterocycles. The van der Waals surface area contributed by atoms with Crippen molar-refractivity contribution < 1.29 is 17.6 Å². The summed E-state index contributed by atoms with van der Waals surface area (Å²) in [6.07, 6.45) is 0.309. The van der Waals surface area contributed by atoms with Crippen LogP contribution in [0.25, 0.3) is 11.5 Å². The van der Waals surface area contributed by atoms with Crippen LogP contribution in [0.2, 0.25) is 0 Å². The van der Waals surface area contributed by atoms with Crippen LogP contribution in [0, 0.1) is 6.92 Å². The Bertz CT molecular complexity index is 1020. The van der Waals surface area contributed by atoms with Gasteiger partial charge in [-0.3, -0.25) is 0 Å². The van der Waals surface area contributed by atoms with Gasteiger partial charge in [-0.05, 0) is 36.2 Å². The number of sulfonamides is 1. The van der Waals surface area contributed by atoms with Gasteiger partial charge in [0.1, 0.15) is 5.75 Å². The second-order valence-electron chi connectivity index (χ2n) is 6.06. The number of nitrogens with zero attached hydrogens (tertiary/aromatic N) is 2. The van der Waals surface area contributed by atoms with E-state index in [1.165, 1.54) is 0 Å². The number of hydrogen-bond donors (Lipinski definition) is 1. The lowest BCUT2D eigenvalue weighted by atomic mass is 10.1. The van der Waals surface area contributed by atoms with Crippen molar-refractivity contribution in [3.05, 3.63) is 65.5 Å². The predicted octanol–water partition coefficient (Wildman–Crippen LogP) is 2.72. The minimum atomic E-state index is -3.44. The van der Waals surface area contributed by atoms with E-state index < -0.39 is 10.0 Å². The first-order chi connectivity index (χ1) is 13.0. The number of nitrogens with one attached hydrogen (secondary N) is 1. The second kappa shape index (κ2) is 8.32. The molecule has 0 unspecified atom stereocenters. The first-order valence-electron chi connectivity index (χ1n) is 8.45. The molecule has 0 bridgehead atoms. The maximum Gasteiger partial charge on any atom is 0.247 e. The van der Waals surface area contributed by atoms with Gasteiger partial charge < -0.3 is 9.15 Å². The maximum absolute atomic E-state index is 12.2. The third-order valence-electron chi connectivity index (χ3n) is 4.05. The van der Waals surface area contributed by atoms with Gasteiger partial charge in [0.2, 0.25) is 21.8 Å². The van der Waals surface area contributed by atoms with E-state index in [4.69, 9.17) is 9.15 Å². The number of hydrogen-bond acceptors (Lipinski definition) is 6. The number of benzene rings is 2. The van der Waals surface area contributed by atoms with Crippen molar-refractivity contribution in [3.8, 4) is 17.2 Å². The molecule has 0 saturated heterocycles. The predicted molar refractivity (Wildman–Crippen MR) is 102 cm³/mol. The van der Waals surface area contributed by atoms with Gasteiger partial charge in [-0.25, -0.2) is 13.1 Å². The fourth-order valence-electron chi connectivity index (χ4n) is 2.57. The zero-order valence-corrected chi connectivity index (χ0v) is 16.0. The molecule has 0 aliphatic carbocycles. The normalized spacial score (nSPS) is 11.5. The Hall–Kier alpha value is -2.71. The molecule has 2 aromatic carbocycles. The van der Waals surface area contributed by atoms with Gasteiger partial charge in [-0.2, -0.15) is 0 Å². The summed E-state index contributed by atoms with van der Waals surface area (Å²) < 4.78 is 37.9. The van der Waals surface area contributed by atoms with Crippen molar-refractivity contribution in [2.45, 2.75) is 19.1 Å². The monoisotopic (exact) mass is 387 g/mol. The van der Waals surface area contributed by atoms with Crippen LogP contribution in [0.1, 0.15) is 17.0 Å². The van der Waals surface area contributed by atoms with Crippen molar-refractivity contribution in [1.82, 2.24) is 14.9 Å². The quantitative estimate of drug-likeness (QED) is 0.639. The summed E-state index contributed by atoms with van der Waals surface area (Å²) in [7, 11) is -1.85. The lowest BCUT2D eigenvalue weighted by molar-refractivity contribution is 0.414. The zero-order chi connectivity index (χ0) is 19.3. The van der Waals surface area contributed by atoms with Gasteiger partial charge in [0, 0.05) is 18.5 Å². The molecule has 142 valence electrons. The Morgan fingerprint density at radius 3 is 2.70 bits per heavy atom. The Balaban J connectivity index is 1.58. The molecule has 3 aromatic rings. The summed E-state index contributed by atoms with van der Waals surface area (Å²) in [6.45, 7) is 2.08. The summed E-state index contributed by atoms with van der Waals surface area (Å²) in [5.74, 6) is 1.37. The number of aryl methyl sites for hydroxylation is 1. The minimum Gasteiger partial charge on any atom is -0.497 e. The lowest BCUT2D eigenvalue weighted by Gasteiger charge is -2.07. The van der Waals surface area contributed by atoms with Crippen molar-refractivity contribution in [2.75, 3.05) is 13.7 Å². The van der Waals surface area contributed by atoms with Crippen LogP contribution in [-0.2, 0) is 22.2 Å². The highest BCUT2D eigenvalue weighted by Gasteiger charge is 2.14. The zero-order valence-electron chi connectivity index (χ0n) is 15.2. The van der Waals surface area contributed by atoms with Crippen molar-refractivity contribution in [1.29, 1.82) is 0 Å². The van der Waals surface area contributed by atoms with Gasteiger partial charge in [-0.1, -0.05) is 30.3 Å². The number of aromatic nitrogens is 2. The molecule has 8 heteroatoms. The minimum absolute atomic E-state index is 0.0570. The van der Waals surface area contributed by atoms with Crippen LogP contribution in [0.5, 0.6) is 5.75 Å². The number of ether oxygens (including phenoxy) is 1. The lowest BCUT2D eigenvalue weighted by Crippen LogP contribution is -2.27. The fraction of sp³-hybridized carbons (Fsp3) is 0.263. The highest BCUT2D eigenvalue weighted by Crippen LogP contribution is 2.22. The second-order valence-corrected chi connectivity index (χ2v) is 7.87. The van der Waals surface area contributed by atoms with E-state index in [2.05, 4.69) is 14.9 Å². The van der Waals surface area contributed by atoms with Gasteiger partial charge in [0.25, 0.3) is 0 Å². The van der Waals surface area contributed by atoms with E-state index in [-0.39, 0.29) is 12.3 Å². The molecule has 27 heavy (non-hydrogen) atoms. The number of methoxy groups -OCH3 is 1. The molecule has 0 radical (unpaired) electrons. The summed E-state index contributed by atoms with van der Waals surface area (Å²) in [4.78, 5) is 0. The molecule has 0 saturated carbocycles. The SMILES string of the molecule is COc1cccc(-c2nnc(CCNS(=O)(=O)Cc3ccccc3C)o2)c1. The molecular formula is C19H21N3O4S. The topological polar surface area (TPSA) is 94.3 Å². The highest BCUT2D eigenvalue weighted by atomic mass is 32.2. The summed E-state index contributed by atoms with van der Waals surface area (Å²) >= 11 is 0. The summed E-state index contributed by atoms with van der Waals surface area (Å²) in [6, 6.07) is 14.7. The Kier molecular flexibility index (Phi) is 5.88. The Labute approximate surface area is 158 Å². The van der Waals surface area contributed by atoms with Gasteiger partial charge in [-0.15, -0.1) is 10.2 Å². The third-order valence-corrected chi connectivity index (χ3v) is 5.39. The van der Waals surface area contributed by atoms with E-state index >= 15 is 0 Å². The van der Waals surface area contributed by atoms with E-state index in [1.54, 1.807) is 13.2 Å². The first kappa shape index (κ1) is 19.1. The molecule has 7 nitrogen and oxygen atoms in total. The third kappa shape index (κ3) is 5.15. The van der Waals surface area contributed by atoms with Crippen LogP contribution >= 0.6 is 0 Å². The molecule has 0 fully saturated rings. The van der Waals surface area contributed by atoms with E-state index in [0.717, 1.165) is 16.7 Å². The van der Waals surface area contributed by atoms with Crippen molar-refractivity contribution in [2.24, 2.45) is 0 Å². The molecule has 1 heterocycles. The Morgan fingerprint density at radius 1 is 1.11 bits per heavy atom. The molecule has 0 atom stereocenters. The van der Waals surface area contributed by atoms with Crippen LogP contribution < -0.4 is 9.46 Å². The van der Waals surface area contributed by atoms with E-state index in [0.29, 0.717) is 24.0 Å². The fourth-order valence-corrected chi connectivity index (χ4v) is 3.82. The number of rotatable bonds is 8. The molecule has 1 aromatic heterocycles. The maximum atomic E-state index is 12.2. The molecule has 0 amide bonds. The van der Waals surface area contributed by atoms with Gasteiger partial charge in [0.05, 0.1) is 12.9 Å². The average Bonchev–Trinajstić information content (AvgIpc) is 3.12. The van der Waals surface area contributed by atoms with Gasteiger partial charge in [0.15, 0.2) is 0 Å². The van der Waals surface area contributed by atoms with E-state index in [1.807, 2.05) is 49.4 Å². The van der Waals surface area contributed by atoms with Crippen LogP contribution in [0.15, 0.2) is 52.9 Å². The van der Waals surface area contributed by atoms with Crippen LogP contribution in [0.4, 0.5) is 0 Å². The molecule has 1 N–H and O–H groups in total. The van der Waals surface area contributed by atoms with Crippen LogP contribution in [-0.4, -0.2) is 32.3 Å². The highest BCUT2D eigenvalue weighted by molar-refractivity contribution is 7.88. The largest absolute Gasteiger partial charge is 0.497 e. The standard InChI is InChI=1S/C19H21N3O4S/c1-14-6-3-4-7-16(14)13-27(23,24)20-11-10-18-21-22-19(26-18)15-8-5-9-17(12-15)25-2/h3-9,12,20H,10-11,13H2,1-2H3. The average molecular weight is 387 g/mol. The van der Waals surface area contributed by atoms with Crippen molar-refractivity contribution >= 4 is 10.0 Å². The summed E-state index contributed by atoms with van der Waals surface area (Å²) in [5.41, 5.74) is 2.47. The summed E-state index contributed by atoms with van der Waals surface area (Å²) in [5, 5.41) is 7.98. The molecule has 0 aliphatic rings. The van der Waals surface area contributed by atoms with Crippen LogP contribution in [0.3, 0.4) is 0 Å². The molecular weight excluding hydrogens is 366 g/mol. The smallest absolute Gasteiger partial charge is 0.247 e. The van der Waals surface area contributed by atoms with Crippen molar-refractivity contribution in [3.63, 3.8) is 0 Å². The van der Waals surface area contributed by atoms with E-state index in [9.17, 15) is 8.42 Å². The Morgan fingerprint density at radius 2 is 1.93 bits per heavy atom. The molecule has 0 spiro atoms.